The smallest absolute Gasteiger partial charge is 0.237 e. The van der Waals surface area contributed by atoms with Crippen LogP contribution in [0, 0.1) is 6.92 Å². The van der Waals surface area contributed by atoms with Gasteiger partial charge in [0.2, 0.25) is 5.91 Å². The van der Waals surface area contributed by atoms with Gasteiger partial charge in [-0.05, 0) is 49.9 Å². The van der Waals surface area contributed by atoms with Gasteiger partial charge in [-0.3, -0.25) is 4.79 Å². The minimum Gasteiger partial charge on any atom is -0.325 e. The second-order valence-corrected chi connectivity index (χ2v) is 9.25. The molecule has 0 spiro atoms. The highest BCUT2D eigenvalue weighted by Gasteiger charge is 2.22. The molecule has 1 aromatic heterocycles. The van der Waals surface area contributed by atoms with E-state index in [2.05, 4.69) is 35.4 Å². The number of benzene rings is 2. The number of aromatic nitrogens is 3. The lowest BCUT2D eigenvalue weighted by atomic mass is 9.98. The van der Waals surface area contributed by atoms with Gasteiger partial charge in [0.15, 0.2) is 11.0 Å². The van der Waals surface area contributed by atoms with Crippen molar-refractivity contribution in [1.29, 1.82) is 0 Å². The fourth-order valence-corrected chi connectivity index (χ4v) is 4.38. The molecule has 5 nitrogen and oxygen atoms in total. The van der Waals surface area contributed by atoms with Crippen molar-refractivity contribution in [3.63, 3.8) is 0 Å². The molecule has 7 heteroatoms. The van der Waals surface area contributed by atoms with E-state index in [9.17, 15) is 4.79 Å². The monoisotopic (exact) mass is 442 g/mol. The number of hydrogen-bond acceptors (Lipinski definition) is 4. The third kappa shape index (κ3) is 4.87. The van der Waals surface area contributed by atoms with Gasteiger partial charge in [-0.1, -0.05) is 67.5 Å². The van der Waals surface area contributed by atoms with Gasteiger partial charge >= 0.3 is 0 Å². The zero-order valence-electron chi connectivity index (χ0n) is 17.9. The first-order valence-corrected chi connectivity index (χ1v) is 11.3. The number of thioether (sulfide) groups is 1. The molecule has 1 unspecified atom stereocenters. The first-order chi connectivity index (χ1) is 14.3. The number of carbonyl (C=O) groups is 1. The summed E-state index contributed by atoms with van der Waals surface area (Å²) in [6.07, 6.45) is 0. The van der Waals surface area contributed by atoms with E-state index in [1.165, 1.54) is 11.8 Å². The fourth-order valence-electron chi connectivity index (χ4n) is 3.28. The highest BCUT2D eigenvalue weighted by molar-refractivity contribution is 8.00. The van der Waals surface area contributed by atoms with E-state index in [0.717, 1.165) is 28.2 Å². The molecule has 1 N–H and O–H groups in total. The molecule has 30 heavy (non-hydrogen) atoms. The predicted molar refractivity (Wildman–Crippen MR) is 125 cm³/mol. The Morgan fingerprint density at radius 1 is 1.17 bits per heavy atom. The fraction of sp³-hybridized carbons (Fsp3) is 0.348. The summed E-state index contributed by atoms with van der Waals surface area (Å²) in [4.78, 5) is 13.0. The van der Waals surface area contributed by atoms with Crippen LogP contribution in [0.2, 0.25) is 5.02 Å². The molecule has 0 fully saturated rings. The maximum atomic E-state index is 13.0. The minimum absolute atomic E-state index is 0.0499. The SMILES string of the molecule is CCn1c(SC(C)C(=O)Nc2c(C)cccc2C(C)C)nnc1-c1cccc(Cl)c1. The van der Waals surface area contributed by atoms with Crippen LogP contribution in [-0.4, -0.2) is 25.9 Å². The Kier molecular flexibility index (Phi) is 7.21. The second kappa shape index (κ2) is 9.67. The molecule has 0 aliphatic carbocycles. The van der Waals surface area contributed by atoms with Gasteiger partial charge in [-0.15, -0.1) is 10.2 Å². The Bertz CT molecular complexity index is 1050. The Morgan fingerprint density at radius 2 is 1.90 bits per heavy atom. The van der Waals surface area contributed by atoms with Gasteiger partial charge in [0, 0.05) is 22.8 Å². The number of anilines is 1. The number of nitrogens with one attached hydrogen (secondary N) is 1. The maximum Gasteiger partial charge on any atom is 0.237 e. The maximum absolute atomic E-state index is 13.0. The Morgan fingerprint density at radius 3 is 2.57 bits per heavy atom. The van der Waals surface area contributed by atoms with Gasteiger partial charge in [-0.2, -0.15) is 0 Å². The van der Waals surface area contributed by atoms with Crippen molar-refractivity contribution >= 4 is 35.0 Å². The van der Waals surface area contributed by atoms with Crippen LogP contribution in [-0.2, 0) is 11.3 Å². The number of para-hydroxylation sites is 1. The van der Waals surface area contributed by atoms with E-state index < -0.39 is 0 Å². The summed E-state index contributed by atoms with van der Waals surface area (Å²) in [5, 5.41) is 12.9. The predicted octanol–water partition coefficient (Wildman–Crippen LogP) is 6.17. The number of nitrogens with zero attached hydrogens (tertiary/aromatic N) is 3. The van der Waals surface area contributed by atoms with Crippen LogP contribution in [0.4, 0.5) is 5.69 Å². The molecular weight excluding hydrogens is 416 g/mol. The first-order valence-electron chi connectivity index (χ1n) is 10.1. The second-order valence-electron chi connectivity index (χ2n) is 7.50. The Balaban J connectivity index is 1.80. The highest BCUT2D eigenvalue weighted by atomic mass is 35.5. The molecule has 0 radical (unpaired) electrons. The number of hydrogen-bond donors (Lipinski definition) is 1. The summed E-state index contributed by atoms with van der Waals surface area (Å²) in [5.41, 5.74) is 4.01. The van der Waals surface area contributed by atoms with E-state index in [4.69, 9.17) is 11.6 Å². The third-order valence-electron chi connectivity index (χ3n) is 4.94. The summed E-state index contributed by atoms with van der Waals surface area (Å²) in [6.45, 7) is 10.9. The molecule has 0 aliphatic heterocycles. The van der Waals surface area contributed by atoms with Crippen LogP contribution in [0.15, 0.2) is 47.6 Å². The van der Waals surface area contributed by atoms with Gasteiger partial charge in [0.1, 0.15) is 0 Å². The number of halogens is 1. The number of rotatable bonds is 7. The van der Waals surface area contributed by atoms with Crippen molar-refractivity contribution in [3.8, 4) is 11.4 Å². The standard InChI is InChI=1S/C23H27ClN4OS/c1-6-28-21(17-10-8-11-18(24)13-17)26-27-23(28)30-16(5)22(29)25-20-15(4)9-7-12-19(20)14(2)3/h7-14,16H,6H2,1-5H3,(H,25,29). The van der Waals surface area contributed by atoms with E-state index in [-0.39, 0.29) is 11.2 Å². The van der Waals surface area contributed by atoms with E-state index in [1.807, 2.05) is 61.7 Å². The van der Waals surface area contributed by atoms with Crippen LogP contribution in [0.25, 0.3) is 11.4 Å². The van der Waals surface area contributed by atoms with Crippen LogP contribution in [0.5, 0.6) is 0 Å². The van der Waals surface area contributed by atoms with Crippen molar-refractivity contribution in [1.82, 2.24) is 14.8 Å². The van der Waals surface area contributed by atoms with Gasteiger partial charge in [0.05, 0.1) is 5.25 Å². The molecule has 3 rings (SSSR count). The van der Waals surface area contributed by atoms with Crippen LogP contribution >= 0.6 is 23.4 Å². The van der Waals surface area contributed by atoms with Crippen molar-refractivity contribution in [2.24, 2.45) is 0 Å². The normalized spacial score (nSPS) is 12.2. The van der Waals surface area contributed by atoms with E-state index >= 15 is 0 Å². The summed E-state index contributed by atoms with van der Waals surface area (Å²) >= 11 is 7.54. The highest BCUT2D eigenvalue weighted by Crippen LogP contribution is 2.31. The number of amides is 1. The zero-order chi connectivity index (χ0) is 21.8. The van der Waals surface area contributed by atoms with Gasteiger partial charge < -0.3 is 9.88 Å². The Labute approximate surface area is 187 Å². The summed E-state index contributed by atoms with van der Waals surface area (Å²) in [7, 11) is 0. The zero-order valence-corrected chi connectivity index (χ0v) is 19.5. The number of aryl methyl sites for hydroxylation is 1. The molecule has 0 bridgehead atoms. The molecule has 3 aromatic rings. The summed E-state index contributed by atoms with van der Waals surface area (Å²) in [5.74, 6) is 1.02. The van der Waals surface area contributed by atoms with E-state index in [0.29, 0.717) is 22.6 Å². The lowest BCUT2D eigenvalue weighted by Gasteiger charge is -2.18. The van der Waals surface area contributed by atoms with Crippen molar-refractivity contribution in [3.05, 3.63) is 58.6 Å². The van der Waals surface area contributed by atoms with Gasteiger partial charge in [0.25, 0.3) is 0 Å². The molecule has 0 saturated heterocycles. The summed E-state index contributed by atoms with van der Waals surface area (Å²) < 4.78 is 2.01. The van der Waals surface area contributed by atoms with Crippen LogP contribution in [0.1, 0.15) is 44.7 Å². The average Bonchev–Trinajstić information content (AvgIpc) is 3.11. The van der Waals surface area contributed by atoms with E-state index in [1.54, 1.807) is 0 Å². The lowest BCUT2D eigenvalue weighted by molar-refractivity contribution is -0.115. The molecule has 158 valence electrons. The number of carbonyl (C=O) groups excluding carboxylic acids is 1. The first kappa shape index (κ1) is 22.4. The quantitative estimate of drug-likeness (QED) is 0.444. The molecule has 0 aliphatic rings. The molecule has 0 saturated carbocycles. The molecule has 1 atom stereocenters. The van der Waals surface area contributed by atoms with Crippen molar-refractivity contribution < 1.29 is 4.79 Å². The van der Waals surface area contributed by atoms with Crippen LogP contribution < -0.4 is 5.32 Å². The molecular formula is C23H27ClN4OS. The molecule has 1 amide bonds. The lowest BCUT2D eigenvalue weighted by Crippen LogP contribution is -2.24. The molecule has 2 aromatic carbocycles. The van der Waals surface area contributed by atoms with Crippen LogP contribution in [0.3, 0.4) is 0 Å². The Hall–Kier alpha value is -2.31. The van der Waals surface area contributed by atoms with Crippen molar-refractivity contribution in [2.45, 2.75) is 57.5 Å². The average molecular weight is 443 g/mol. The minimum atomic E-state index is -0.327. The summed E-state index contributed by atoms with van der Waals surface area (Å²) in [6, 6.07) is 13.7. The molecule has 1 heterocycles. The van der Waals surface area contributed by atoms with Gasteiger partial charge in [-0.25, -0.2) is 0 Å². The largest absolute Gasteiger partial charge is 0.325 e. The topological polar surface area (TPSA) is 59.8 Å². The third-order valence-corrected chi connectivity index (χ3v) is 6.26. The van der Waals surface area contributed by atoms with Crippen molar-refractivity contribution in [2.75, 3.05) is 5.32 Å².